The van der Waals surface area contributed by atoms with E-state index in [9.17, 15) is 4.79 Å². The summed E-state index contributed by atoms with van der Waals surface area (Å²) in [6.07, 6.45) is 3.77. The number of hydrogen-bond acceptors (Lipinski definition) is 2. The molecule has 2 aromatic carbocycles. The molecule has 0 aliphatic heterocycles. The third kappa shape index (κ3) is 5.23. The van der Waals surface area contributed by atoms with Gasteiger partial charge < -0.3 is 9.47 Å². The number of imidazole rings is 1. The minimum atomic E-state index is -0.00419. The van der Waals surface area contributed by atoms with Crippen LogP contribution >= 0.6 is 11.6 Å². The Bertz CT molecular complexity index is 931. The van der Waals surface area contributed by atoms with Crippen LogP contribution in [-0.2, 0) is 13.1 Å². The summed E-state index contributed by atoms with van der Waals surface area (Å²) in [5.74, 6) is 1.23. The van der Waals surface area contributed by atoms with Gasteiger partial charge in [-0.15, -0.1) is 0 Å². The van der Waals surface area contributed by atoms with Gasteiger partial charge in [0.15, 0.2) is 0 Å². The van der Waals surface area contributed by atoms with Crippen LogP contribution in [0.15, 0.2) is 60.9 Å². The van der Waals surface area contributed by atoms with Crippen LogP contribution in [0.5, 0.6) is 0 Å². The van der Waals surface area contributed by atoms with Gasteiger partial charge >= 0.3 is 0 Å². The Morgan fingerprint density at radius 3 is 2.61 bits per heavy atom. The summed E-state index contributed by atoms with van der Waals surface area (Å²) in [6.45, 7) is 8.19. The first-order valence-electron chi connectivity index (χ1n) is 9.53. The summed E-state index contributed by atoms with van der Waals surface area (Å²) in [7, 11) is 0. The molecule has 0 unspecified atom stereocenters. The van der Waals surface area contributed by atoms with Gasteiger partial charge in [-0.3, -0.25) is 4.79 Å². The first kappa shape index (κ1) is 20.2. The van der Waals surface area contributed by atoms with Crippen molar-refractivity contribution in [2.75, 3.05) is 6.54 Å². The normalized spacial score (nSPS) is 11.0. The fraction of sp³-hybridized carbons (Fsp3) is 0.304. The number of carbonyl (C=O) groups excluding carboxylic acids is 1. The lowest BCUT2D eigenvalue weighted by Gasteiger charge is -2.25. The molecule has 146 valence electrons. The van der Waals surface area contributed by atoms with Crippen molar-refractivity contribution in [3.63, 3.8) is 0 Å². The Kier molecular flexibility index (Phi) is 6.53. The van der Waals surface area contributed by atoms with Crippen LogP contribution in [0.1, 0.15) is 41.2 Å². The van der Waals surface area contributed by atoms with E-state index in [0.29, 0.717) is 29.6 Å². The zero-order chi connectivity index (χ0) is 20.1. The third-order valence-corrected chi connectivity index (χ3v) is 4.79. The summed E-state index contributed by atoms with van der Waals surface area (Å²) in [5, 5.41) is 0.626. The fourth-order valence-corrected chi connectivity index (χ4v) is 3.37. The second kappa shape index (κ2) is 9.07. The van der Waals surface area contributed by atoms with Crippen LogP contribution in [0.25, 0.3) is 0 Å². The molecule has 1 heterocycles. The maximum Gasteiger partial charge on any atom is 0.254 e. The summed E-state index contributed by atoms with van der Waals surface area (Å²) in [5.41, 5.74) is 3.10. The maximum atomic E-state index is 13.1. The van der Waals surface area contributed by atoms with Crippen LogP contribution < -0.4 is 0 Å². The highest BCUT2D eigenvalue weighted by molar-refractivity contribution is 6.30. The van der Waals surface area contributed by atoms with Gasteiger partial charge in [-0.2, -0.15) is 0 Å². The average molecular weight is 396 g/mol. The summed E-state index contributed by atoms with van der Waals surface area (Å²) < 4.78 is 2.11. The molecule has 0 aliphatic rings. The Morgan fingerprint density at radius 1 is 1.18 bits per heavy atom. The number of benzene rings is 2. The van der Waals surface area contributed by atoms with E-state index in [0.717, 1.165) is 12.4 Å². The average Bonchev–Trinajstić information content (AvgIpc) is 3.07. The summed E-state index contributed by atoms with van der Waals surface area (Å²) in [4.78, 5) is 19.5. The zero-order valence-corrected chi connectivity index (χ0v) is 17.4. The van der Waals surface area contributed by atoms with Gasteiger partial charge in [0.05, 0.1) is 6.54 Å². The Balaban J connectivity index is 1.81. The summed E-state index contributed by atoms with van der Waals surface area (Å²) in [6, 6.07) is 15.5. The quantitative estimate of drug-likeness (QED) is 0.552. The van der Waals surface area contributed by atoms with Gasteiger partial charge in [0.1, 0.15) is 5.82 Å². The molecule has 0 N–H and O–H groups in total. The molecule has 0 saturated carbocycles. The lowest BCUT2D eigenvalue weighted by Crippen LogP contribution is -2.34. The molecule has 0 bridgehead atoms. The molecule has 0 spiro atoms. The number of aryl methyl sites for hydroxylation is 1. The highest BCUT2D eigenvalue weighted by Gasteiger charge is 2.19. The molecule has 0 radical (unpaired) electrons. The Morgan fingerprint density at radius 2 is 1.93 bits per heavy atom. The van der Waals surface area contributed by atoms with Crippen LogP contribution in [0.2, 0.25) is 5.02 Å². The van der Waals surface area contributed by atoms with E-state index in [1.54, 1.807) is 30.5 Å². The monoisotopic (exact) mass is 395 g/mol. The van der Waals surface area contributed by atoms with Crippen molar-refractivity contribution in [2.45, 2.75) is 33.9 Å². The van der Waals surface area contributed by atoms with E-state index in [4.69, 9.17) is 11.6 Å². The highest BCUT2D eigenvalue weighted by Crippen LogP contribution is 2.16. The molecule has 5 heteroatoms. The molecule has 3 rings (SSSR count). The van der Waals surface area contributed by atoms with E-state index in [1.165, 1.54) is 11.1 Å². The lowest BCUT2D eigenvalue weighted by molar-refractivity contribution is 0.0716. The fourth-order valence-electron chi connectivity index (χ4n) is 3.25. The molecule has 0 fully saturated rings. The van der Waals surface area contributed by atoms with Crippen LogP contribution in [0, 0.1) is 12.8 Å². The second-order valence-electron chi connectivity index (χ2n) is 7.55. The van der Waals surface area contributed by atoms with Gasteiger partial charge in [0.2, 0.25) is 0 Å². The van der Waals surface area contributed by atoms with E-state index in [1.807, 2.05) is 11.1 Å². The number of aromatic nitrogens is 2. The van der Waals surface area contributed by atoms with E-state index >= 15 is 0 Å². The van der Waals surface area contributed by atoms with Crippen LogP contribution in [0.3, 0.4) is 0 Å². The van der Waals surface area contributed by atoms with Crippen molar-refractivity contribution in [3.8, 4) is 0 Å². The van der Waals surface area contributed by atoms with Crippen LogP contribution in [0.4, 0.5) is 0 Å². The van der Waals surface area contributed by atoms with Crippen molar-refractivity contribution in [1.82, 2.24) is 14.5 Å². The number of carbonyl (C=O) groups is 1. The molecule has 1 amide bonds. The first-order chi connectivity index (χ1) is 13.4. The third-order valence-electron chi connectivity index (χ3n) is 4.53. The standard InChI is InChI=1S/C23H26ClN3O/c1-17(2)14-27(23(28)20-7-9-21(24)10-8-20)16-22-25-11-12-26(22)15-19-6-4-5-18(3)13-19/h4-13,17H,14-16H2,1-3H3. The molecule has 1 aromatic heterocycles. The number of nitrogens with zero attached hydrogens (tertiary/aromatic N) is 3. The van der Waals surface area contributed by atoms with E-state index in [-0.39, 0.29) is 5.91 Å². The largest absolute Gasteiger partial charge is 0.331 e. The van der Waals surface area contributed by atoms with Gasteiger partial charge in [-0.25, -0.2) is 4.98 Å². The van der Waals surface area contributed by atoms with Gasteiger partial charge in [0.25, 0.3) is 5.91 Å². The molecule has 0 saturated heterocycles. The van der Waals surface area contributed by atoms with Crippen molar-refractivity contribution in [3.05, 3.63) is 88.5 Å². The second-order valence-corrected chi connectivity index (χ2v) is 7.98. The lowest BCUT2D eigenvalue weighted by atomic mass is 10.1. The molecular weight excluding hydrogens is 370 g/mol. The molecule has 4 nitrogen and oxygen atoms in total. The predicted molar refractivity (Wildman–Crippen MR) is 114 cm³/mol. The zero-order valence-electron chi connectivity index (χ0n) is 16.6. The van der Waals surface area contributed by atoms with Crippen molar-refractivity contribution >= 4 is 17.5 Å². The van der Waals surface area contributed by atoms with E-state index in [2.05, 4.69) is 54.6 Å². The van der Waals surface area contributed by atoms with Gasteiger partial charge in [0, 0.05) is 36.1 Å². The predicted octanol–water partition coefficient (Wildman–Crippen LogP) is 5.19. The Labute approximate surface area is 171 Å². The minimum absolute atomic E-state index is 0.00419. The SMILES string of the molecule is Cc1cccc(Cn2ccnc2CN(CC(C)C)C(=O)c2ccc(Cl)cc2)c1. The number of amides is 1. The van der Waals surface area contributed by atoms with Gasteiger partial charge in [-0.1, -0.05) is 55.3 Å². The molecule has 0 atom stereocenters. The first-order valence-corrected chi connectivity index (χ1v) is 9.90. The van der Waals surface area contributed by atoms with Gasteiger partial charge in [-0.05, 0) is 42.7 Å². The van der Waals surface area contributed by atoms with E-state index < -0.39 is 0 Å². The maximum absolute atomic E-state index is 13.1. The minimum Gasteiger partial charge on any atom is -0.331 e. The molecular formula is C23H26ClN3O. The Hall–Kier alpha value is -2.59. The smallest absolute Gasteiger partial charge is 0.254 e. The van der Waals surface area contributed by atoms with Crippen molar-refractivity contribution in [2.24, 2.45) is 5.92 Å². The molecule has 0 aliphatic carbocycles. The molecule has 3 aromatic rings. The van der Waals surface area contributed by atoms with Crippen molar-refractivity contribution < 1.29 is 4.79 Å². The van der Waals surface area contributed by atoms with Crippen molar-refractivity contribution in [1.29, 1.82) is 0 Å². The van der Waals surface area contributed by atoms with Crippen LogP contribution in [-0.4, -0.2) is 26.9 Å². The number of rotatable bonds is 7. The highest BCUT2D eigenvalue weighted by atomic mass is 35.5. The topological polar surface area (TPSA) is 38.1 Å². The molecule has 28 heavy (non-hydrogen) atoms. The number of hydrogen-bond donors (Lipinski definition) is 0. The number of halogens is 1. The summed E-state index contributed by atoms with van der Waals surface area (Å²) >= 11 is 5.97.